The van der Waals surface area contributed by atoms with Crippen LogP contribution in [0.2, 0.25) is 5.02 Å². The number of halogens is 2. The predicted octanol–water partition coefficient (Wildman–Crippen LogP) is 6.12. The SMILES string of the molecule is CC(C)Oc1ccc(NC(C)c2sccc2Br)cc1Cl. The zero-order valence-corrected chi connectivity index (χ0v) is 14.8. The second-order valence-electron chi connectivity index (χ2n) is 4.81. The van der Waals surface area contributed by atoms with Crippen molar-refractivity contribution < 1.29 is 4.74 Å². The van der Waals surface area contributed by atoms with Gasteiger partial charge in [0.2, 0.25) is 0 Å². The Kier molecular flexibility index (Phi) is 5.35. The predicted molar refractivity (Wildman–Crippen MR) is 91.3 cm³/mol. The Morgan fingerprint density at radius 3 is 2.55 bits per heavy atom. The highest BCUT2D eigenvalue weighted by Crippen LogP contribution is 2.33. The molecule has 20 heavy (non-hydrogen) atoms. The lowest BCUT2D eigenvalue weighted by atomic mass is 10.2. The van der Waals surface area contributed by atoms with E-state index in [2.05, 4.69) is 39.6 Å². The Balaban J connectivity index is 2.11. The van der Waals surface area contributed by atoms with Crippen molar-refractivity contribution in [1.82, 2.24) is 0 Å². The van der Waals surface area contributed by atoms with Crippen molar-refractivity contribution in [3.63, 3.8) is 0 Å². The van der Waals surface area contributed by atoms with E-state index < -0.39 is 0 Å². The fourth-order valence-corrected chi connectivity index (χ4v) is 3.82. The molecule has 0 aliphatic carbocycles. The molecule has 1 unspecified atom stereocenters. The van der Waals surface area contributed by atoms with Crippen molar-refractivity contribution in [3.05, 3.63) is 44.0 Å². The summed E-state index contributed by atoms with van der Waals surface area (Å²) >= 11 is 11.5. The van der Waals surface area contributed by atoms with Crippen LogP contribution in [0.1, 0.15) is 31.7 Å². The van der Waals surface area contributed by atoms with E-state index in [1.54, 1.807) is 11.3 Å². The van der Waals surface area contributed by atoms with Crippen molar-refractivity contribution in [2.45, 2.75) is 32.9 Å². The van der Waals surface area contributed by atoms with Gasteiger partial charge in [-0.25, -0.2) is 0 Å². The molecule has 1 atom stereocenters. The molecule has 0 fully saturated rings. The van der Waals surface area contributed by atoms with Crippen LogP contribution in [-0.2, 0) is 0 Å². The van der Waals surface area contributed by atoms with Gasteiger partial charge >= 0.3 is 0 Å². The van der Waals surface area contributed by atoms with E-state index in [9.17, 15) is 0 Å². The second-order valence-corrected chi connectivity index (χ2v) is 7.02. The molecular weight excluding hydrogens is 358 g/mol. The first kappa shape index (κ1) is 15.7. The van der Waals surface area contributed by atoms with E-state index in [1.165, 1.54) is 4.88 Å². The van der Waals surface area contributed by atoms with Crippen molar-refractivity contribution in [2.75, 3.05) is 5.32 Å². The third kappa shape index (κ3) is 3.90. The molecule has 0 bridgehead atoms. The maximum atomic E-state index is 6.24. The average Bonchev–Trinajstić information content (AvgIpc) is 2.78. The summed E-state index contributed by atoms with van der Waals surface area (Å²) in [5, 5.41) is 6.15. The van der Waals surface area contributed by atoms with E-state index in [0.717, 1.165) is 15.9 Å². The lowest BCUT2D eigenvalue weighted by Crippen LogP contribution is -2.07. The molecule has 108 valence electrons. The van der Waals surface area contributed by atoms with Gasteiger partial charge < -0.3 is 10.1 Å². The minimum Gasteiger partial charge on any atom is -0.489 e. The molecule has 0 radical (unpaired) electrons. The normalized spacial score (nSPS) is 12.5. The first-order chi connectivity index (χ1) is 9.47. The Bertz CT molecular complexity index is 585. The van der Waals surface area contributed by atoms with Crippen LogP contribution in [0.4, 0.5) is 5.69 Å². The highest BCUT2D eigenvalue weighted by Gasteiger charge is 2.12. The summed E-state index contributed by atoms with van der Waals surface area (Å²) in [6.45, 7) is 6.10. The second kappa shape index (κ2) is 6.83. The largest absolute Gasteiger partial charge is 0.489 e. The van der Waals surface area contributed by atoms with Crippen LogP contribution in [0.15, 0.2) is 34.1 Å². The molecule has 0 aliphatic rings. The van der Waals surface area contributed by atoms with E-state index in [4.69, 9.17) is 16.3 Å². The van der Waals surface area contributed by atoms with E-state index >= 15 is 0 Å². The summed E-state index contributed by atoms with van der Waals surface area (Å²) in [6, 6.07) is 8.07. The fraction of sp³-hybridized carbons (Fsp3) is 0.333. The van der Waals surface area contributed by atoms with Crippen LogP contribution in [0.25, 0.3) is 0 Å². The Labute approximate surface area is 137 Å². The Hall–Kier alpha value is -0.710. The van der Waals surface area contributed by atoms with Crippen molar-refractivity contribution in [2.24, 2.45) is 0 Å². The van der Waals surface area contributed by atoms with Gasteiger partial charge in [-0.05, 0) is 66.3 Å². The van der Waals surface area contributed by atoms with Crippen LogP contribution >= 0.6 is 38.9 Å². The zero-order valence-electron chi connectivity index (χ0n) is 11.6. The zero-order chi connectivity index (χ0) is 14.7. The first-order valence-corrected chi connectivity index (χ1v) is 8.48. The van der Waals surface area contributed by atoms with Gasteiger partial charge in [-0.3, -0.25) is 0 Å². The molecular formula is C15H17BrClNOS. The molecule has 0 saturated carbocycles. The number of benzene rings is 1. The summed E-state index contributed by atoms with van der Waals surface area (Å²) in [5.41, 5.74) is 0.985. The number of hydrogen-bond acceptors (Lipinski definition) is 3. The van der Waals surface area contributed by atoms with Crippen LogP contribution in [0.5, 0.6) is 5.75 Å². The summed E-state index contributed by atoms with van der Waals surface area (Å²) in [4.78, 5) is 1.27. The van der Waals surface area contributed by atoms with E-state index in [-0.39, 0.29) is 12.1 Å². The maximum Gasteiger partial charge on any atom is 0.138 e. The van der Waals surface area contributed by atoms with E-state index in [0.29, 0.717) is 5.02 Å². The number of nitrogens with one attached hydrogen (secondary N) is 1. The summed E-state index contributed by atoms with van der Waals surface area (Å²) in [6.07, 6.45) is 0.118. The molecule has 5 heteroatoms. The quantitative estimate of drug-likeness (QED) is 0.680. The van der Waals surface area contributed by atoms with Crippen LogP contribution in [0, 0.1) is 0 Å². The highest BCUT2D eigenvalue weighted by molar-refractivity contribution is 9.10. The van der Waals surface area contributed by atoms with Crippen LogP contribution < -0.4 is 10.1 Å². The monoisotopic (exact) mass is 373 g/mol. The van der Waals surface area contributed by atoms with Crippen LogP contribution in [-0.4, -0.2) is 6.10 Å². The molecule has 1 N–H and O–H groups in total. The first-order valence-electron chi connectivity index (χ1n) is 6.43. The summed E-state index contributed by atoms with van der Waals surface area (Å²) in [5.74, 6) is 0.720. The Morgan fingerprint density at radius 1 is 1.25 bits per heavy atom. The smallest absolute Gasteiger partial charge is 0.138 e. The highest BCUT2D eigenvalue weighted by atomic mass is 79.9. The number of hydrogen-bond donors (Lipinski definition) is 1. The molecule has 1 heterocycles. The molecule has 0 spiro atoms. The van der Waals surface area contributed by atoms with Crippen molar-refractivity contribution >= 4 is 44.6 Å². The topological polar surface area (TPSA) is 21.3 Å². The van der Waals surface area contributed by atoms with Gasteiger partial charge in [0.1, 0.15) is 5.75 Å². The van der Waals surface area contributed by atoms with Gasteiger partial charge in [0, 0.05) is 15.0 Å². The van der Waals surface area contributed by atoms with Crippen molar-refractivity contribution in [3.8, 4) is 5.75 Å². The fourth-order valence-electron chi connectivity index (χ4n) is 1.87. The molecule has 2 aromatic rings. The molecule has 2 nitrogen and oxygen atoms in total. The van der Waals surface area contributed by atoms with Gasteiger partial charge in [-0.1, -0.05) is 11.6 Å². The number of anilines is 1. The molecule has 2 rings (SSSR count). The summed E-state index contributed by atoms with van der Waals surface area (Å²) < 4.78 is 6.76. The number of ether oxygens (including phenoxy) is 1. The average molecular weight is 375 g/mol. The minimum absolute atomic E-state index is 0.118. The molecule has 0 saturated heterocycles. The lowest BCUT2D eigenvalue weighted by molar-refractivity contribution is 0.242. The molecule has 1 aromatic heterocycles. The van der Waals surface area contributed by atoms with Crippen LogP contribution in [0.3, 0.4) is 0 Å². The van der Waals surface area contributed by atoms with Gasteiger partial charge in [-0.2, -0.15) is 0 Å². The Morgan fingerprint density at radius 2 is 2.00 bits per heavy atom. The number of rotatable bonds is 5. The molecule has 1 aromatic carbocycles. The third-order valence-corrected chi connectivity index (χ3v) is 5.06. The molecule has 0 amide bonds. The minimum atomic E-state index is 0.118. The van der Waals surface area contributed by atoms with Gasteiger partial charge in [0.15, 0.2) is 0 Å². The van der Waals surface area contributed by atoms with Crippen molar-refractivity contribution in [1.29, 1.82) is 0 Å². The third-order valence-electron chi connectivity index (χ3n) is 2.72. The van der Waals surface area contributed by atoms with Gasteiger partial charge in [-0.15, -0.1) is 11.3 Å². The summed E-state index contributed by atoms with van der Waals surface area (Å²) in [7, 11) is 0. The lowest BCUT2D eigenvalue weighted by Gasteiger charge is -2.16. The standard InChI is InChI=1S/C15H17BrClNOS/c1-9(2)19-14-5-4-11(8-13(14)17)18-10(3)15-12(16)6-7-20-15/h4-10,18H,1-3H3. The number of thiophene rings is 1. The van der Waals surface area contributed by atoms with Gasteiger partial charge in [0.05, 0.1) is 17.2 Å². The van der Waals surface area contributed by atoms with E-state index in [1.807, 2.05) is 32.0 Å². The van der Waals surface area contributed by atoms with Gasteiger partial charge in [0.25, 0.3) is 0 Å². The molecule has 0 aliphatic heterocycles. The maximum absolute atomic E-state index is 6.24.